The molecule has 0 bridgehead atoms. The lowest BCUT2D eigenvalue weighted by molar-refractivity contribution is -0.149. The predicted molar refractivity (Wildman–Crippen MR) is 212 cm³/mol. The molecule has 0 radical (unpaired) electrons. The Labute approximate surface area is 325 Å². The van der Waals surface area contributed by atoms with Gasteiger partial charge in [0.05, 0.1) is 16.9 Å². The Kier molecular flexibility index (Phi) is 20.2. The summed E-state index contributed by atoms with van der Waals surface area (Å²) in [5.41, 5.74) is 8.17. The van der Waals surface area contributed by atoms with Crippen molar-refractivity contribution in [2.75, 3.05) is 25.6 Å². The highest BCUT2D eigenvalue weighted by Gasteiger charge is 2.32. The van der Waals surface area contributed by atoms with Crippen LogP contribution in [-0.4, -0.2) is 59.0 Å². The van der Waals surface area contributed by atoms with Crippen LogP contribution in [0.2, 0.25) is 0 Å². The van der Waals surface area contributed by atoms with Crippen LogP contribution in [0.15, 0.2) is 64.4 Å². The number of amides is 1. The van der Waals surface area contributed by atoms with E-state index in [2.05, 4.69) is 48.6 Å². The molecule has 3 aromatic rings. The van der Waals surface area contributed by atoms with Crippen molar-refractivity contribution in [1.29, 1.82) is 0 Å². The van der Waals surface area contributed by atoms with E-state index in [9.17, 15) is 27.6 Å². The van der Waals surface area contributed by atoms with Gasteiger partial charge >= 0.3 is 12.1 Å². The summed E-state index contributed by atoms with van der Waals surface area (Å²) in [7, 11) is 1.55. The number of rotatable bonds is 14. The zero-order valence-electron chi connectivity index (χ0n) is 32.7. The maximum Gasteiger partial charge on any atom is 0.417 e. The number of nitrogens with one attached hydrogen (secondary N) is 1. The average molecular weight is 823 g/mol. The molecule has 1 amide bonds. The van der Waals surface area contributed by atoms with E-state index in [0.717, 1.165) is 30.0 Å². The molecule has 3 atom stereocenters. The largest absolute Gasteiger partial charge is 0.443 e. The minimum atomic E-state index is -4.27. The molecule has 10 nitrogen and oxygen atoms in total. The molecule has 1 heterocycles. The zero-order chi connectivity index (χ0) is 41.3. The van der Waals surface area contributed by atoms with E-state index in [4.69, 9.17) is 20.2 Å². The van der Waals surface area contributed by atoms with Gasteiger partial charge in [-0.05, 0) is 80.8 Å². The molecule has 298 valence electrons. The maximum absolute atomic E-state index is 13.9. The molecule has 3 rings (SSSR count). The molecule has 2 aromatic carbocycles. The Hall–Kier alpha value is -4.30. The summed E-state index contributed by atoms with van der Waals surface area (Å²) in [4.78, 5) is 53.8. The third-order valence-electron chi connectivity index (χ3n) is 8.68. The van der Waals surface area contributed by atoms with Crippen molar-refractivity contribution in [3.63, 3.8) is 0 Å². The fraction of sp³-hybridized carbons (Fsp3) is 0.475. The number of hydrogen-bond donors (Lipinski definition) is 2. The smallest absolute Gasteiger partial charge is 0.417 e. The Bertz CT molecular complexity index is 1750. The Balaban J connectivity index is 0.000000808. The van der Waals surface area contributed by atoms with E-state index < -0.39 is 23.8 Å². The van der Waals surface area contributed by atoms with Crippen LogP contribution < -0.4 is 16.6 Å². The number of benzene rings is 2. The SMILES string of the molecule is C=CCNc1nc(CC)c(C[C@@H](C)C(C)CC)c(=O)n1-c1ccc(C(=O)N(C)COC(=O)C(N)C(C)C)cc1.CC=O.Cc1ccc(Br)c(C(F)(F)F)c1. The Morgan fingerprint density at radius 2 is 1.69 bits per heavy atom. The minimum absolute atomic E-state index is 0.0695. The third kappa shape index (κ3) is 14.2. The second-order valence-corrected chi connectivity index (χ2v) is 14.1. The molecular weight excluding hydrogens is 767 g/mol. The molecule has 3 N–H and O–H groups in total. The summed E-state index contributed by atoms with van der Waals surface area (Å²) in [6.07, 6.45) is 0.515. The van der Waals surface area contributed by atoms with Crippen molar-refractivity contribution in [3.8, 4) is 5.69 Å². The standard InChI is InChI=1S/C30H45N5O4.C8H6BrF3.C2H4O/c1-9-16-32-30-33-25(11-3)24(17-21(7)20(6)10-2)28(37)35(30)23-14-12-22(13-15-23)27(36)34(8)18-39-29(38)26(31)19(4)5;1-5-2-3-7(9)6(4-5)8(10,11)12;1-2-3/h9,12-15,19-21,26H,1,10-11,16-18,31H2,2-8H3,(H,32,33);2-4H,1H3;2H,1H3/t20?,21-,26?;;/m1../s1. The lowest BCUT2D eigenvalue weighted by Crippen LogP contribution is -2.40. The summed E-state index contributed by atoms with van der Waals surface area (Å²) >= 11 is 2.85. The quantitative estimate of drug-likeness (QED) is 0.0720. The number of aromatic nitrogens is 2. The molecule has 2 unspecified atom stereocenters. The van der Waals surface area contributed by atoms with Gasteiger partial charge < -0.3 is 25.5 Å². The first-order valence-corrected chi connectivity index (χ1v) is 18.6. The van der Waals surface area contributed by atoms with Crippen LogP contribution in [0.25, 0.3) is 5.69 Å². The lowest BCUT2D eigenvalue weighted by atomic mass is 9.87. The molecule has 0 aliphatic carbocycles. The molecule has 0 saturated heterocycles. The van der Waals surface area contributed by atoms with Crippen LogP contribution in [0.5, 0.6) is 0 Å². The fourth-order valence-corrected chi connectivity index (χ4v) is 5.43. The van der Waals surface area contributed by atoms with Gasteiger partial charge in [0.2, 0.25) is 5.95 Å². The number of carbonyl (C=O) groups is 3. The number of alkyl halides is 3. The number of halogens is 4. The van der Waals surface area contributed by atoms with Crippen molar-refractivity contribution < 1.29 is 32.3 Å². The van der Waals surface area contributed by atoms with Gasteiger partial charge in [0.1, 0.15) is 12.3 Å². The molecule has 0 aliphatic heterocycles. The second kappa shape index (κ2) is 22.8. The highest BCUT2D eigenvalue weighted by molar-refractivity contribution is 9.10. The topological polar surface area (TPSA) is 137 Å². The fourth-order valence-electron chi connectivity index (χ4n) is 4.96. The number of hydrogen-bond acceptors (Lipinski definition) is 8. The van der Waals surface area contributed by atoms with E-state index >= 15 is 0 Å². The normalized spacial score (nSPS) is 12.6. The number of ether oxygens (including phenoxy) is 1. The predicted octanol–water partition coefficient (Wildman–Crippen LogP) is 8.16. The molecule has 0 saturated carbocycles. The minimum Gasteiger partial charge on any atom is -0.443 e. The molecule has 0 fully saturated rings. The number of carbonyl (C=O) groups excluding carboxylic acids is 3. The van der Waals surface area contributed by atoms with Gasteiger partial charge in [-0.15, -0.1) is 6.58 Å². The highest BCUT2D eigenvalue weighted by atomic mass is 79.9. The van der Waals surface area contributed by atoms with Gasteiger partial charge in [0.25, 0.3) is 11.5 Å². The van der Waals surface area contributed by atoms with Gasteiger partial charge in [-0.2, -0.15) is 13.2 Å². The molecule has 14 heteroatoms. The number of nitrogens with zero attached hydrogens (tertiary/aromatic N) is 3. The zero-order valence-corrected chi connectivity index (χ0v) is 34.3. The van der Waals surface area contributed by atoms with Gasteiger partial charge in [0, 0.05) is 29.2 Å². The van der Waals surface area contributed by atoms with Crippen LogP contribution in [0.4, 0.5) is 19.1 Å². The van der Waals surface area contributed by atoms with Gasteiger partial charge in [-0.1, -0.05) is 81.6 Å². The van der Waals surface area contributed by atoms with E-state index in [1.807, 2.05) is 20.8 Å². The summed E-state index contributed by atoms with van der Waals surface area (Å²) < 4.78 is 43.4. The van der Waals surface area contributed by atoms with Crippen LogP contribution >= 0.6 is 15.9 Å². The van der Waals surface area contributed by atoms with Crippen molar-refractivity contribution in [3.05, 3.63) is 97.9 Å². The molecule has 54 heavy (non-hydrogen) atoms. The Morgan fingerprint density at radius 3 is 2.17 bits per heavy atom. The summed E-state index contributed by atoms with van der Waals surface area (Å²) in [5.74, 6) is 0.285. The number of nitrogens with two attached hydrogens (primary N) is 1. The average Bonchev–Trinajstić information content (AvgIpc) is 3.13. The van der Waals surface area contributed by atoms with Crippen molar-refractivity contribution >= 4 is 40.0 Å². The summed E-state index contributed by atoms with van der Waals surface area (Å²) in [6, 6.07) is 10.1. The Morgan fingerprint density at radius 1 is 1.09 bits per heavy atom. The van der Waals surface area contributed by atoms with Crippen LogP contribution in [0, 0.1) is 24.7 Å². The number of esters is 1. The third-order valence-corrected chi connectivity index (χ3v) is 9.37. The summed E-state index contributed by atoms with van der Waals surface area (Å²) in [5, 5.41) is 3.19. The van der Waals surface area contributed by atoms with E-state index in [0.29, 0.717) is 54.0 Å². The van der Waals surface area contributed by atoms with Gasteiger partial charge in [-0.25, -0.2) is 9.55 Å². The first kappa shape index (κ1) is 47.7. The number of anilines is 1. The van der Waals surface area contributed by atoms with Crippen molar-refractivity contribution in [1.82, 2.24) is 14.5 Å². The van der Waals surface area contributed by atoms with Crippen LogP contribution in [-0.2, 0) is 33.3 Å². The van der Waals surface area contributed by atoms with E-state index in [1.165, 1.54) is 17.9 Å². The van der Waals surface area contributed by atoms with Gasteiger partial charge in [-0.3, -0.25) is 14.4 Å². The monoisotopic (exact) mass is 821 g/mol. The van der Waals surface area contributed by atoms with Crippen LogP contribution in [0.3, 0.4) is 0 Å². The molecular formula is C40H55BrF3N5O5. The first-order chi connectivity index (χ1) is 25.3. The lowest BCUT2D eigenvalue weighted by Gasteiger charge is -2.22. The maximum atomic E-state index is 13.9. The first-order valence-electron chi connectivity index (χ1n) is 17.8. The molecule has 0 aliphatic rings. The van der Waals surface area contributed by atoms with Gasteiger partial charge in [0.15, 0.2) is 6.73 Å². The van der Waals surface area contributed by atoms with E-state index in [1.54, 1.807) is 54.9 Å². The van der Waals surface area contributed by atoms with Crippen LogP contribution in [0.1, 0.15) is 87.6 Å². The second-order valence-electron chi connectivity index (χ2n) is 13.2. The number of aryl methyl sites for hydroxylation is 2. The van der Waals surface area contributed by atoms with Crippen molar-refractivity contribution in [2.24, 2.45) is 23.5 Å². The molecule has 0 spiro atoms. The van der Waals surface area contributed by atoms with Crippen molar-refractivity contribution in [2.45, 2.75) is 86.9 Å². The summed E-state index contributed by atoms with van der Waals surface area (Å²) in [6.45, 7) is 19.3. The highest BCUT2D eigenvalue weighted by Crippen LogP contribution is 2.35. The number of aldehydes is 1. The molecule has 1 aromatic heterocycles. The van der Waals surface area contributed by atoms with E-state index in [-0.39, 0.29) is 28.6 Å².